The molecule has 0 unspecified atom stereocenters. The summed E-state index contributed by atoms with van der Waals surface area (Å²) in [6, 6.07) is 5.44. The number of nitrogens with zero attached hydrogens (tertiary/aromatic N) is 1. The van der Waals surface area contributed by atoms with E-state index < -0.39 is 9.84 Å². The van der Waals surface area contributed by atoms with E-state index in [2.05, 4.69) is 4.90 Å². The second-order valence-corrected chi connectivity index (χ2v) is 6.93. The fraction of sp³-hybridized carbons (Fsp3) is 0.538. The summed E-state index contributed by atoms with van der Waals surface area (Å²) in [4.78, 5) is 2.46. The number of methoxy groups -OCH3 is 1. The quantitative estimate of drug-likeness (QED) is 0.797. The lowest BCUT2D eigenvalue weighted by molar-refractivity contribution is 0.205. The molecule has 1 fully saturated rings. The average Bonchev–Trinajstić information content (AvgIpc) is 3.14. The highest BCUT2D eigenvalue weighted by molar-refractivity contribution is 7.90. The van der Waals surface area contributed by atoms with Crippen molar-refractivity contribution in [2.75, 3.05) is 37.2 Å². The maximum Gasteiger partial charge on any atom is 0.175 e. The average molecular weight is 284 g/mol. The first-order valence-corrected chi connectivity index (χ1v) is 8.18. The van der Waals surface area contributed by atoms with Gasteiger partial charge in [-0.25, -0.2) is 8.42 Å². The number of rotatable bonds is 6. The first-order chi connectivity index (χ1) is 8.93. The summed E-state index contributed by atoms with van der Waals surface area (Å²) in [7, 11) is -1.54. The van der Waals surface area contributed by atoms with Crippen LogP contribution in [0.3, 0.4) is 0 Å². The summed E-state index contributed by atoms with van der Waals surface area (Å²) in [5.74, 6) is 0. The fourth-order valence-corrected chi connectivity index (χ4v) is 2.76. The summed E-state index contributed by atoms with van der Waals surface area (Å²) >= 11 is 0. The van der Waals surface area contributed by atoms with E-state index in [4.69, 9.17) is 10.5 Å². The highest BCUT2D eigenvalue weighted by atomic mass is 32.2. The Morgan fingerprint density at radius 2 is 2.11 bits per heavy atom. The molecule has 1 aromatic carbocycles. The van der Waals surface area contributed by atoms with Crippen LogP contribution in [0.25, 0.3) is 0 Å². The van der Waals surface area contributed by atoms with Gasteiger partial charge in [-0.1, -0.05) is 0 Å². The molecule has 0 heterocycles. The van der Waals surface area contributed by atoms with Crippen molar-refractivity contribution in [1.29, 1.82) is 0 Å². The molecule has 0 aliphatic heterocycles. The van der Waals surface area contributed by atoms with Gasteiger partial charge in [0, 0.05) is 26.0 Å². The monoisotopic (exact) mass is 284 g/mol. The molecule has 1 aliphatic rings. The van der Waals surface area contributed by atoms with Gasteiger partial charge in [-0.15, -0.1) is 0 Å². The molecule has 0 aromatic heterocycles. The molecule has 2 rings (SSSR count). The van der Waals surface area contributed by atoms with Gasteiger partial charge in [0.15, 0.2) is 9.84 Å². The van der Waals surface area contributed by atoms with Crippen LogP contribution in [-0.4, -0.2) is 41.0 Å². The number of anilines is 2. The van der Waals surface area contributed by atoms with Crippen molar-refractivity contribution in [3.63, 3.8) is 0 Å². The molecule has 5 nitrogen and oxygen atoms in total. The molecule has 2 N–H and O–H groups in total. The van der Waals surface area contributed by atoms with Gasteiger partial charge in [0.25, 0.3) is 0 Å². The van der Waals surface area contributed by atoms with Crippen molar-refractivity contribution in [2.24, 2.45) is 0 Å². The van der Waals surface area contributed by atoms with Gasteiger partial charge in [0.1, 0.15) is 0 Å². The minimum atomic E-state index is -3.21. The molecule has 1 saturated carbocycles. The number of ether oxygens (including phenoxy) is 1. The Labute approximate surface area is 114 Å². The first kappa shape index (κ1) is 14.1. The summed E-state index contributed by atoms with van der Waals surface area (Å²) in [5, 5.41) is 0. The second kappa shape index (κ2) is 5.38. The first-order valence-electron chi connectivity index (χ1n) is 6.28. The van der Waals surface area contributed by atoms with Gasteiger partial charge in [0.05, 0.1) is 22.9 Å². The van der Waals surface area contributed by atoms with Crippen molar-refractivity contribution in [3.8, 4) is 0 Å². The summed E-state index contributed by atoms with van der Waals surface area (Å²) < 4.78 is 28.1. The predicted octanol–water partition coefficient (Wildman–Crippen LogP) is 1.29. The topological polar surface area (TPSA) is 72.6 Å². The molecule has 0 atom stereocenters. The van der Waals surface area contributed by atoms with Gasteiger partial charge >= 0.3 is 0 Å². The van der Waals surface area contributed by atoms with Crippen LogP contribution in [0.15, 0.2) is 23.1 Å². The third-order valence-corrected chi connectivity index (χ3v) is 4.37. The number of hydrogen-bond acceptors (Lipinski definition) is 5. The molecule has 0 amide bonds. The predicted molar refractivity (Wildman–Crippen MR) is 76.2 cm³/mol. The third kappa shape index (κ3) is 3.39. The largest absolute Gasteiger partial charge is 0.397 e. The van der Waals surface area contributed by atoms with Crippen molar-refractivity contribution >= 4 is 21.2 Å². The van der Waals surface area contributed by atoms with Crippen molar-refractivity contribution in [1.82, 2.24) is 0 Å². The van der Waals surface area contributed by atoms with Crippen LogP contribution in [0, 0.1) is 0 Å². The lowest BCUT2D eigenvalue weighted by Crippen LogP contribution is -2.30. The van der Waals surface area contributed by atoms with Crippen LogP contribution >= 0.6 is 0 Å². The number of nitrogens with two attached hydrogens (primary N) is 1. The van der Waals surface area contributed by atoms with E-state index in [0.29, 0.717) is 18.3 Å². The summed E-state index contributed by atoms with van der Waals surface area (Å²) in [5.41, 5.74) is 7.41. The Morgan fingerprint density at radius 3 is 2.58 bits per heavy atom. The summed E-state index contributed by atoms with van der Waals surface area (Å²) in [6.45, 7) is 1.40. The smallest absolute Gasteiger partial charge is 0.175 e. The number of nitrogen functional groups attached to an aromatic ring is 1. The van der Waals surface area contributed by atoms with Crippen LogP contribution in [0.4, 0.5) is 11.4 Å². The van der Waals surface area contributed by atoms with Crippen molar-refractivity contribution in [3.05, 3.63) is 18.2 Å². The molecule has 0 saturated heterocycles. The maximum atomic E-state index is 11.5. The van der Waals surface area contributed by atoms with Gasteiger partial charge in [-0.3, -0.25) is 0 Å². The minimum absolute atomic E-state index is 0.260. The van der Waals surface area contributed by atoms with E-state index in [9.17, 15) is 8.42 Å². The van der Waals surface area contributed by atoms with E-state index >= 15 is 0 Å². The van der Waals surface area contributed by atoms with E-state index in [0.717, 1.165) is 25.1 Å². The van der Waals surface area contributed by atoms with Crippen LogP contribution in [-0.2, 0) is 14.6 Å². The van der Waals surface area contributed by atoms with Gasteiger partial charge in [0.2, 0.25) is 0 Å². The standard InChI is InChI=1S/C13H20N2O3S/c1-18-8-7-15(10-3-4-10)13-6-5-11(9-12(13)14)19(2,16)17/h5-6,9-10H,3-4,7-8,14H2,1-2H3. The van der Waals surface area contributed by atoms with Crippen LogP contribution < -0.4 is 10.6 Å². The minimum Gasteiger partial charge on any atom is -0.397 e. The molecule has 0 bridgehead atoms. The lowest BCUT2D eigenvalue weighted by atomic mass is 10.2. The Hall–Kier alpha value is -1.27. The highest BCUT2D eigenvalue weighted by Crippen LogP contribution is 2.35. The molecule has 0 spiro atoms. The van der Waals surface area contributed by atoms with Crippen LogP contribution in [0.1, 0.15) is 12.8 Å². The molecule has 0 radical (unpaired) electrons. The van der Waals surface area contributed by atoms with Crippen LogP contribution in [0.5, 0.6) is 0 Å². The Morgan fingerprint density at radius 1 is 1.42 bits per heavy atom. The molecule has 106 valence electrons. The Balaban J connectivity index is 2.28. The lowest BCUT2D eigenvalue weighted by Gasteiger charge is -2.26. The van der Waals surface area contributed by atoms with Gasteiger partial charge < -0.3 is 15.4 Å². The third-order valence-electron chi connectivity index (χ3n) is 3.26. The van der Waals surface area contributed by atoms with Crippen LogP contribution in [0.2, 0.25) is 0 Å². The number of hydrogen-bond donors (Lipinski definition) is 1. The normalized spacial score (nSPS) is 15.5. The Bertz CT molecular complexity index is 553. The zero-order valence-electron chi connectivity index (χ0n) is 11.3. The molecule has 19 heavy (non-hydrogen) atoms. The van der Waals surface area contributed by atoms with E-state index in [-0.39, 0.29) is 4.90 Å². The highest BCUT2D eigenvalue weighted by Gasteiger charge is 2.30. The van der Waals surface area contributed by atoms with E-state index in [1.165, 1.54) is 12.3 Å². The summed E-state index contributed by atoms with van der Waals surface area (Å²) in [6.07, 6.45) is 3.49. The zero-order chi connectivity index (χ0) is 14.0. The molecule has 1 aromatic rings. The van der Waals surface area contributed by atoms with E-state index in [1.807, 2.05) is 0 Å². The van der Waals surface area contributed by atoms with E-state index in [1.54, 1.807) is 19.2 Å². The second-order valence-electron chi connectivity index (χ2n) is 4.91. The molecule has 6 heteroatoms. The molecule has 1 aliphatic carbocycles. The maximum absolute atomic E-state index is 11.5. The van der Waals surface area contributed by atoms with Gasteiger partial charge in [-0.05, 0) is 31.0 Å². The van der Waals surface area contributed by atoms with Crippen molar-refractivity contribution < 1.29 is 13.2 Å². The Kier molecular flexibility index (Phi) is 4.01. The number of sulfone groups is 1. The number of benzene rings is 1. The fourth-order valence-electron chi connectivity index (χ4n) is 2.10. The molecular weight excluding hydrogens is 264 g/mol. The van der Waals surface area contributed by atoms with Crippen molar-refractivity contribution in [2.45, 2.75) is 23.8 Å². The SMILES string of the molecule is COCCN(c1ccc(S(C)(=O)=O)cc1N)C1CC1. The zero-order valence-corrected chi connectivity index (χ0v) is 12.1. The molecular formula is C13H20N2O3S. The van der Waals surface area contributed by atoms with Gasteiger partial charge in [-0.2, -0.15) is 0 Å².